The van der Waals surface area contributed by atoms with E-state index in [2.05, 4.69) is 15.2 Å². The van der Waals surface area contributed by atoms with Gasteiger partial charge < -0.3 is 9.64 Å². The predicted molar refractivity (Wildman–Crippen MR) is 99.9 cm³/mol. The number of aromatic amines is 1. The van der Waals surface area contributed by atoms with Gasteiger partial charge in [-0.3, -0.25) is 9.89 Å². The van der Waals surface area contributed by atoms with Gasteiger partial charge in [0.25, 0.3) is 0 Å². The van der Waals surface area contributed by atoms with E-state index in [-0.39, 0.29) is 5.91 Å². The van der Waals surface area contributed by atoms with Crippen LogP contribution in [0.2, 0.25) is 0 Å². The lowest BCUT2D eigenvalue weighted by Gasteiger charge is -2.15. The van der Waals surface area contributed by atoms with Crippen molar-refractivity contribution in [1.82, 2.24) is 20.1 Å². The Bertz CT molecular complexity index is 816. The first-order chi connectivity index (χ1) is 12.2. The second-order valence-corrected chi connectivity index (χ2v) is 7.09. The van der Waals surface area contributed by atoms with Crippen molar-refractivity contribution >= 4 is 29.0 Å². The minimum absolute atomic E-state index is 0.0481. The van der Waals surface area contributed by atoms with Gasteiger partial charge >= 0.3 is 0 Å². The fourth-order valence-corrected chi connectivity index (χ4v) is 3.57. The molecular weight excluding hydrogens is 356 g/mol. The van der Waals surface area contributed by atoms with Gasteiger partial charge in [-0.05, 0) is 46.7 Å². The van der Waals surface area contributed by atoms with Crippen molar-refractivity contribution in [3.8, 4) is 17.1 Å². The highest BCUT2D eigenvalue weighted by atomic mass is 32.2. The summed E-state index contributed by atoms with van der Waals surface area (Å²) in [5, 5.41) is 11.7. The Morgan fingerprint density at radius 1 is 1.32 bits per heavy atom. The first-order valence-electron chi connectivity index (χ1n) is 7.60. The Hall–Kier alpha value is -2.32. The largest absolute Gasteiger partial charge is 0.497 e. The van der Waals surface area contributed by atoms with Crippen molar-refractivity contribution < 1.29 is 9.53 Å². The molecule has 0 aliphatic carbocycles. The molecule has 8 heteroatoms. The number of benzene rings is 1. The van der Waals surface area contributed by atoms with Gasteiger partial charge in [0.05, 0.1) is 12.9 Å². The van der Waals surface area contributed by atoms with Gasteiger partial charge in [-0.2, -0.15) is 11.3 Å². The lowest BCUT2D eigenvalue weighted by molar-refractivity contribution is -0.127. The van der Waals surface area contributed by atoms with E-state index < -0.39 is 0 Å². The van der Waals surface area contributed by atoms with E-state index in [0.717, 1.165) is 16.9 Å². The number of carbonyl (C=O) groups is 1. The van der Waals surface area contributed by atoms with Crippen molar-refractivity contribution in [2.45, 2.75) is 11.7 Å². The summed E-state index contributed by atoms with van der Waals surface area (Å²) in [5.74, 6) is 1.81. The van der Waals surface area contributed by atoms with Crippen molar-refractivity contribution in [2.24, 2.45) is 0 Å². The van der Waals surface area contributed by atoms with Gasteiger partial charge in [0.15, 0.2) is 5.82 Å². The summed E-state index contributed by atoms with van der Waals surface area (Å²) >= 11 is 2.96. The molecule has 0 aliphatic heterocycles. The van der Waals surface area contributed by atoms with Crippen LogP contribution in [-0.2, 0) is 11.3 Å². The second-order valence-electron chi connectivity index (χ2n) is 5.37. The topological polar surface area (TPSA) is 71.1 Å². The quantitative estimate of drug-likeness (QED) is 0.643. The Kier molecular flexibility index (Phi) is 5.72. The van der Waals surface area contributed by atoms with Gasteiger partial charge in [0, 0.05) is 19.2 Å². The summed E-state index contributed by atoms with van der Waals surface area (Å²) in [4.78, 5) is 18.4. The molecule has 0 aliphatic rings. The van der Waals surface area contributed by atoms with Gasteiger partial charge in [-0.15, -0.1) is 5.10 Å². The predicted octanol–water partition coefficient (Wildman–Crippen LogP) is 3.29. The second kappa shape index (κ2) is 8.17. The number of hydrogen-bond donors (Lipinski definition) is 1. The third kappa shape index (κ3) is 4.61. The summed E-state index contributed by atoms with van der Waals surface area (Å²) in [6.07, 6.45) is 0. The monoisotopic (exact) mass is 374 g/mol. The third-order valence-electron chi connectivity index (χ3n) is 3.58. The number of thioether (sulfide) groups is 1. The van der Waals surface area contributed by atoms with E-state index >= 15 is 0 Å². The zero-order valence-electron chi connectivity index (χ0n) is 13.9. The Morgan fingerprint density at radius 3 is 2.80 bits per heavy atom. The van der Waals surface area contributed by atoms with Crippen molar-refractivity contribution in [2.75, 3.05) is 19.9 Å². The molecule has 0 spiro atoms. The number of hydrogen-bond acceptors (Lipinski definition) is 6. The van der Waals surface area contributed by atoms with Crippen LogP contribution in [-0.4, -0.2) is 45.9 Å². The Balaban J connectivity index is 1.55. The Labute approximate surface area is 154 Å². The van der Waals surface area contributed by atoms with Crippen LogP contribution in [0.3, 0.4) is 0 Å². The molecular formula is C17H18N4O2S2. The number of aromatic nitrogens is 3. The lowest BCUT2D eigenvalue weighted by atomic mass is 10.2. The summed E-state index contributed by atoms with van der Waals surface area (Å²) in [6, 6.07) is 9.58. The maximum atomic E-state index is 12.2. The maximum absolute atomic E-state index is 12.2. The number of ether oxygens (including phenoxy) is 1. The number of methoxy groups -OCH3 is 1. The van der Waals surface area contributed by atoms with Gasteiger partial charge in [0.1, 0.15) is 5.75 Å². The van der Waals surface area contributed by atoms with Crippen molar-refractivity contribution in [1.29, 1.82) is 0 Å². The van der Waals surface area contributed by atoms with E-state index in [9.17, 15) is 4.79 Å². The summed E-state index contributed by atoms with van der Waals surface area (Å²) in [5.41, 5.74) is 2.06. The van der Waals surface area contributed by atoms with Crippen LogP contribution in [0.4, 0.5) is 0 Å². The molecule has 0 fully saturated rings. The molecule has 1 N–H and O–H groups in total. The zero-order valence-corrected chi connectivity index (χ0v) is 15.6. The first kappa shape index (κ1) is 17.5. The van der Waals surface area contributed by atoms with Crippen molar-refractivity contribution in [3.05, 3.63) is 46.7 Å². The van der Waals surface area contributed by atoms with Crippen LogP contribution in [0.1, 0.15) is 5.56 Å². The summed E-state index contributed by atoms with van der Waals surface area (Å²) in [6.45, 7) is 0.619. The fourth-order valence-electron chi connectivity index (χ4n) is 2.17. The fraction of sp³-hybridized carbons (Fsp3) is 0.235. The van der Waals surface area contributed by atoms with Crippen LogP contribution >= 0.6 is 23.1 Å². The van der Waals surface area contributed by atoms with E-state index in [1.54, 1.807) is 30.4 Å². The lowest BCUT2D eigenvalue weighted by Crippen LogP contribution is -2.27. The van der Waals surface area contributed by atoms with Crippen molar-refractivity contribution in [3.63, 3.8) is 0 Å². The molecule has 1 amide bonds. The number of carbonyl (C=O) groups excluding carboxylic acids is 1. The zero-order chi connectivity index (χ0) is 17.6. The maximum Gasteiger partial charge on any atom is 0.233 e. The molecule has 3 aromatic rings. The molecule has 3 rings (SSSR count). The molecule has 0 saturated heterocycles. The average molecular weight is 374 g/mol. The molecule has 0 bridgehead atoms. The average Bonchev–Trinajstić information content (AvgIpc) is 3.31. The number of thiophene rings is 1. The minimum atomic E-state index is 0.0481. The minimum Gasteiger partial charge on any atom is -0.497 e. The number of nitrogens with one attached hydrogen (secondary N) is 1. The van der Waals surface area contributed by atoms with E-state index in [0.29, 0.717) is 23.3 Å². The molecule has 2 aromatic heterocycles. The van der Waals surface area contributed by atoms with Crippen LogP contribution in [0.5, 0.6) is 5.75 Å². The molecule has 0 radical (unpaired) electrons. The smallest absolute Gasteiger partial charge is 0.233 e. The highest BCUT2D eigenvalue weighted by Crippen LogP contribution is 2.22. The highest BCUT2D eigenvalue weighted by Gasteiger charge is 2.13. The molecule has 0 unspecified atom stereocenters. The summed E-state index contributed by atoms with van der Waals surface area (Å²) in [7, 11) is 3.44. The van der Waals surface area contributed by atoms with Gasteiger partial charge in [-0.1, -0.05) is 11.8 Å². The highest BCUT2D eigenvalue weighted by molar-refractivity contribution is 7.99. The number of nitrogens with zero attached hydrogens (tertiary/aromatic N) is 3. The summed E-state index contributed by atoms with van der Waals surface area (Å²) < 4.78 is 5.14. The van der Waals surface area contributed by atoms with Crippen LogP contribution in [0, 0.1) is 0 Å². The Morgan fingerprint density at radius 2 is 2.12 bits per heavy atom. The van der Waals surface area contributed by atoms with Crippen LogP contribution in [0.15, 0.2) is 46.2 Å². The van der Waals surface area contributed by atoms with Gasteiger partial charge in [0.2, 0.25) is 11.1 Å². The van der Waals surface area contributed by atoms with E-state index in [1.165, 1.54) is 11.8 Å². The first-order valence-corrected chi connectivity index (χ1v) is 9.53. The van der Waals surface area contributed by atoms with Crippen LogP contribution < -0.4 is 4.74 Å². The van der Waals surface area contributed by atoms with E-state index in [1.807, 2.05) is 41.1 Å². The molecule has 130 valence electrons. The van der Waals surface area contributed by atoms with Gasteiger partial charge in [-0.25, -0.2) is 4.98 Å². The normalized spacial score (nSPS) is 10.6. The molecule has 6 nitrogen and oxygen atoms in total. The molecule has 1 aromatic carbocycles. The molecule has 0 saturated carbocycles. The third-order valence-corrected chi connectivity index (χ3v) is 5.14. The van der Waals surface area contributed by atoms with Crippen LogP contribution in [0.25, 0.3) is 11.4 Å². The number of rotatable bonds is 7. The number of amides is 1. The standard InChI is InChI=1S/C17H18N4O2S2/c1-21(9-12-7-8-24-10-12)15(22)11-25-17-18-16(19-20-17)13-3-5-14(23-2)6-4-13/h3-8,10H,9,11H2,1-2H3,(H,18,19,20). The molecule has 2 heterocycles. The SMILES string of the molecule is COc1ccc(-c2nc(SCC(=O)N(C)Cc3ccsc3)n[nH]2)cc1. The number of H-pyrrole nitrogens is 1. The molecule has 25 heavy (non-hydrogen) atoms. The van der Waals surface area contributed by atoms with E-state index in [4.69, 9.17) is 4.74 Å². The molecule has 0 atom stereocenters.